The van der Waals surface area contributed by atoms with Gasteiger partial charge < -0.3 is 9.67 Å². The molecule has 0 atom stereocenters. The summed E-state index contributed by atoms with van der Waals surface area (Å²) < 4.78 is 1.97. The number of carboxylic acids is 1. The molecule has 1 aromatic heterocycles. The topological polar surface area (TPSA) is 88.6 Å². The van der Waals surface area contributed by atoms with Crippen LogP contribution in [0.15, 0.2) is 42.5 Å². The molecule has 0 unspecified atom stereocenters. The van der Waals surface area contributed by atoms with Gasteiger partial charge in [0, 0.05) is 10.9 Å². The molecule has 6 nitrogen and oxygen atoms in total. The number of hydrazine groups is 1. The summed E-state index contributed by atoms with van der Waals surface area (Å²) in [5, 5.41) is 11.8. The number of fused-ring (bicyclic) bond motifs is 5. The van der Waals surface area contributed by atoms with Crippen LogP contribution in [0, 0.1) is 0 Å². The maximum atomic E-state index is 12.9. The summed E-state index contributed by atoms with van der Waals surface area (Å²) in [4.78, 5) is 24.5. The lowest BCUT2D eigenvalue weighted by atomic mass is 9.81. The number of nitrogens with zero attached hydrogens (tertiary/aromatic N) is 2. The van der Waals surface area contributed by atoms with Crippen LogP contribution < -0.4 is 10.9 Å². The molecule has 1 fully saturated rings. The van der Waals surface area contributed by atoms with Crippen LogP contribution in [0.1, 0.15) is 53.9 Å². The van der Waals surface area contributed by atoms with E-state index in [0.29, 0.717) is 11.6 Å². The number of rotatable bonds is 2. The first-order chi connectivity index (χ1) is 14.1. The number of nitrogens with two attached hydrogens (primary N) is 1. The third-order valence-corrected chi connectivity index (χ3v) is 6.34. The van der Waals surface area contributed by atoms with Crippen LogP contribution in [0.5, 0.6) is 0 Å². The van der Waals surface area contributed by atoms with Crippen LogP contribution in [0.3, 0.4) is 0 Å². The van der Waals surface area contributed by atoms with E-state index in [4.69, 9.17) is 5.84 Å². The molecule has 1 saturated carbocycles. The zero-order valence-electron chi connectivity index (χ0n) is 16.1. The van der Waals surface area contributed by atoms with Crippen molar-refractivity contribution >= 4 is 28.5 Å². The minimum atomic E-state index is -0.970. The number of carboxylic acid groups (broad SMARTS) is 1. The molecular formula is C23H23N3O3. The van der Waals surface area contributed by atoms with Gasteiger partial charge in [0.15, 0.2) is 0 Å². The van der Waals surface area contributed by atoms with Crippen LogP contribution in [0.4, 0.5) is 5.69 Å². The van der Waals surface area contributed by atoms with Gasteiger partial charge in [-0.2, -0.15) is 0 Å². The molecule has 1 aliphatic heterocycles. The molecule has 0 saturated heterocycles. The highest BCUT2D eigenvalue weighted by Crippen LogP contribution is 2.47. The van der Waals surface area contributed by atoms with Gasteiger partial charge in [-0.3, -0.25) is 4.79 Å². The molecule has 3 aromatic rings. The number of para-hydroxylation sites is 1. The fourth-order valence-electron chi connectivity index (χ4n) is 5.00. The molecule has 0 bridgehead atoms. The second kappa shape index (κ2) is 6.74. The lowest BCUT2D eigenvalue weighted by molar-refractivity contribution is -0.119. The van der Waals surface area contributed by atoms with Crippen molar-refractivity contribution < 1.29 is 14.7 Å². The SMILES string of the molecule is NN1C(=O)Cn2c(c(C3CCCCC3)c3ccc(C(=O)O)cc32)-c2ccccc21. The molecule has 5 rings (SSSR count). The summed E-state index contributed by atoms with van der Waals surface area (Å²) in [5.41, 5.74) is 4.86. The van der Waals surface area contributed by atoms with Crippen molar-refractivity contribution in [2.45, 2.75) is 44.6 Å². The van der Waals surface area contributed by atoms with E-state index in [1.165, 1.54) is 29.8 Å². The minimum Gasteiger partial charge on any atom is -0.478 e. The molecule has 6 heteroatoms. The number of carbonyl (C=O) groups is 2. The van der Waals surface area contributed by atoms with Crippen molar-refractivity contribution in [2.75, 3.05) is 5.01 Å². The molecule has 0 spiro atoms. The Labute approximate surface area is 168 Å². The molecule has 2 aromatic carbocycles. The molecule has 0 radical (unpaired) electrons. The van der Waals surface area contributed by atoms with E-state index in [0.717, 1.165) is 35.0 Å². The highest BCUT2D eigenvalue weighted by molar-refractivity contribution is 6.05. The smallest absolute Gasteiger partial charge is 0.335 e. The Morgan fingerprint density at radius 1 is 1.07 bits per heavy atom. The van der Waals surface area contributed by atoms with E-state index in [9.17, 15) is 14.7 Å². The van der Waals surface area contributed by atoms with Crippen molar-refractivity contribution in [3.8, 4) is 11.3 Å². The van der Waals surface area contributed by atoms with Gasteiger partial charge in [-0.05, 0) is 42.5 Å². The van der Waals surface area contributed by atoms with Gasteiger partial charge in [0.25, 0.3) is 5.91 Å². The van der Waals surface area contributed by atoms with Gasteiger partial charge in [0.2, 0.25) is 0 Å². The Morgan fingerprint density at radius 2 is 1.83 bits per heavy atom. The number of aromatic nitrogens is 1. The van der Waals surface area contributed by atoms with E-state index < -0.39 is 5.97 Å². The number of aromatic carboxylic acids is 1. The Morgan fingerprint density at radius 3 is 2.59 bits per heavy atom. The number of hydrogen-bond donors (Lipinski definition) is 2. The van der Waals surface area contributed by atoms with E-state index in [-0.39, 0.29) is 18.0 Å². The van der Waals surface area contributed by atoms with Gasteiger partial charge in [-0.15, -0.1) is 0 Å². The molecule has 1 aliphatic carbocycles. The fourth-order valence-corrected chi connectivity index (χ4v) is 5.00. The predicted molar refractivity (Wildman–Crippen MR) is 112 cm³/mol. The van der Waals surface area contributed by atoms with Gasteiger partial charge in [0.1, 0.15) is 6.54 Å². The summed E-state index contributed by atoms with van der Waals surface area (Å²) >= 11 is 0. The third-order valence-electron chi connectivity index (χ3n) is 6.34. The fraction of sp³-hybridized carbons (Fsp3) is 0.304. The summed E-state index contributed by atoms with van der Waals surface area (Å²) in [5.74, 6) is 5.36. The molecule has 3 N–H and O–H groups in total. The van der Waals surface area contributed by atoms with E-state index in [1.807, 2.05) is 34.9 Å². The first-order valence-electron chi connectivity index (χ1n) is 10.1. The Kier molecular flexibility index (Phi) is 4.17. The van der Waals surface area contributed by atoms with Crippen molar-refractivity contribution in [3.05, 3.63) is 53.6 Å². The second-order valence-corrected chi connectivity index (χ2v) is 8.00. The maximum absolute atomic E-state index is 12.9. The van der Waals surface area contributed by atoms with Gasteiger partial charge >= 0.3 is 5.97 Å². The van der Waals surface area contributed by atoms with Gasteiger partial charge in [0.05, 0.1) is 22.5 Å². The zero-order valence-corrected chi connectivity index (χ0v) is 16.1. The minimum absolute atomic E-state index is 0.0901. The predicted octanol–water partition coefficient (Wildman–Crippen LogP) is 4.27. The monoisotopic (exact) mass is 389 g/mol. The van der Waals surface area contributed by atoms with Crippen LogP contribution in [0.2, 0.25) is 0 Å². The molecule has 1 amide bonds. The number of hydrogen-bond acceptors (Lipinski definition) is 3. The van der Waals surface area contributed by atoms with Crippen molar-refractivity contribution in [2.24, 2.45) is 5.84 Å². The molecule has 2 aliphatic rings. The van der Waals surface area contributed by atoms with E-state index in [2.05, 4.69) is 0 Å². The molecule has 148 valence electrons. The largest absolute Gasteiger partial charge is 0.478 e. The highest BCUT2D eigenvalue weighted by Gasteiger charge is 2.32. The Balaban J connectivity index is 1.88. The lowest BCUT2D eigenvalue weighted by Crippen LogP contribution is -2.38. The number of carbonyl (C=O) groups excluding carboxylic acids is 1. The van der Waals surface area contributed by atoms with Crippen molar-refractivity contribution in [1.29, 1.82) is 0 Å². The summed E-state index contributed by atoms with van der Waals surface area (Å²) in [6.45, 7) is 0.0901. The van der Waals surface area contributed by atoms with Crippen molar-refractivity contribution in [1.82, 2.24) is 4.57 Å². The van der Waals surface area contributed by atoms with Crippen LogP contribution in [-0.2, 0) is 11.3 Å². The third kappa shape index (κ3) is 2.75. The first-order valence-corrected chi connectivity index (χ1v) is 10.1. The quantitative estimate of drug-likeness (QED) is 0.506. The average molecular weight is 389 g/mol. The standard InChI is InChI=1S/C23H23N3O3/c24-26-18-9-5-4-8-17(18)22-21(14-6-2-1-3-7-14)16-11-10-15(23(28)29)12-19(16)25(22)13-20(26)27/h4-5,8-12,14H,1-3,6-7,13,24H2,(H,28,29). The lowest BCUT2D eigenvalue weighted by Gasteiger charge is -2.24. The summed E-state index contributed by atoms with van der Waals surface area (Å²) in [6.07, 6.45) is 5.84. The molecule has 2 heterocycles. The van der Waals surface area contributed by atoms with Gasteiger partial charge in [-0.1, -0.05) is 43.5 Å². The van der Waals surface area contributed by atoms with Crippen molar-refractivity contribution in [3.63, 3.8) is 0 Å². The number of anilines is 1. The molecular weight excluding hydrogens is 366 g/mol. The Bertz CT molecular complexity index is 1140. The average Bonchev–Trinajstić information content (AvgIpc) is 3.01. The molecule has 29 heavy (non-hydrogen) atoms. The van der Waals surface area contributed by atoms with Crippen LogP contribution in [0.25, 0.3) is 22.2 Å². The first kappa shape index (κ1) is 17.9. The zero-order chi connectivity index (χ0) is 20.1. The number of amides is 1. The van der Waals surface area contributed by atoms with E-state index >= 15 is 0 Å². The Hall–Kier alpha value is -3.12. The maximum Gasteiger partial charge on any atom is 0.335 e. The van der Waals surface area contributed by atoms with Gasteiger partial charge in [-0.25, -0.2) is 15.6 Å². The van der Waals surface area contributed by atoms with Crippen LogP contribution >= 0.6 is 0 Å². The normalized spacial score (nSPS) is 17.1. The second-order valence-electron chi connectivity index (χ2n) is 8.00. The van der Waals surface area contributed by atoms with E-state index in [1.54, 1.807) is 12.1 Å². The number of benzene rings is 2. The highest BCUT2D eigenvalue weighted by atomic mass is 16.4. The summed E-state index contributed by atoms with van der Waals surface area (Å²) in [6, 6.07) is 13.0. The summed E-state index contributed by atoms with van der Waals surface area (Å²) in [7, 11) is 0. The van der Waals surface area contributed by atoms with Crippen LogP contribution in [-0.4, -0.2) is 21.6 Å².